The van der Waals surface area contributed by atoms with Gasteiger partial charge in [0, 0.05) is 12.1 Å². The Morgan fingerprint density at radius 2 is 1.83 bits per heavy atom. The van der Waals surface area contributed by atoms with Crippen LogP contribution in [0.1, 0.15) is 23.2 Å². The topological polar surface area (TPSA) is 29.5 Å². The molecule has 5 heteroatoms. The second kappa shape index (κ2) is 6.68. The van der Waals surface area contributed by atoms with Crippen LogP contribution in [0.2, 0.25) is 0 Å². The summed E-state index contributed by atoms with van der Waals surface area (Å²) in [4.78, 5) is 13.1. The number of carbonyl (C=O) groups is 1. The van der Waals surface area contributed by atoms with Gasteiger partial charge in [-0.15, -0.1) is 0 Å². The van der Waals surface area contributed by atoms with Crippen LogP contribution >= 0.6 is 31.9 Å². The molecule has 1 heterocycles. The lowest BCUT2D eigenvalue weighted by molar-refractivity contribution is 0.112. The highest BCUT2D eigenvalue weighted by Crippen LogP contribution is 2.34. The third kappa shape index (κ3) is 3.56. The zero-order chi connectivity index (χ0) is 13.0. The number of hydrogen-bond acceptors (Lipinski definition) is 3. The Labute approximate surface area is 124 Å². The molecule has 0 radical (unpaired) electrons. The van der Waals surface area contributed by atoms with Crippen molar-refractivity contribution in [3.63, 3.8) is 0 Å². The zero-order valence-electron chi connectivity index (χ0n) is 9.99. The Balaban J connectivity index is 1.94. The van der Waals surface area contributed by atoms with E-state index in [1.54, 1.807) is 12.1 Å². The molecule has 0 aliphatic carbocycles. The second-order valence-electron chi connectivity index (χ2n) is 4.33. The van der Waals surface area contributed by atoms with Crippen LogP contribution in [0, 0.1) is 0 Å². The minimum Gasteiger partial charge on any atom is -0.490 e. The molecular weight excluding hydrogens is 362 g/mol. The fourth-order valence-corrected chi connectivity index (χ4v) is 3.52. The second-order valence-corrected chi connectivity index (χ2v) is 6.04. The van der Waals surface area contributed by atoms with Gasteiger partial charge in [-0.05, 0) is 69.9 Å². The van der Waals surface area contributed by atoms with E-state index in [0.29, 0.717) is 12.2 Å². The van der Waals surface area contributed by atoms with Crippen molar-refractivity contribution in [2.24, 2.45) is 0 Å². The average Bonchev–Trinajstić information content (AvgIpc) is 2.85. The van der Waals surface area contributed by atoms with Crippen LogP contribution in [0.4, 0.5) is 0 Å². The lowest BCUT2D eigenvalue weighted by Crippen LogP contribution is -2.25. The molecule has 18 heavy (non-hydrogen) atoms. The Kier molecular flexibility index (Phi) is 5.21. The number of nitrogens with zero attached hydrogens (tertiary/aromatic N) is 1. The highest BCUT2D eigenvalue weighted by atomic mass is 79.9. The first kappa shape index (κ1) is 14.0. The maximum Gasteiger partial charge on any atom is 0.150 e. The molecule has 1 aliphatic heterocycles. The molecule has 1 fully saturated rings. The first-order valence-electron chi connectivity index (χ1n) is 6.00. The van der Waals surface area contributed by atoms with E-state index < -0.39 is 0 Å². The largest absolute Gasteiger partial charge is 0.490 e. The quantitative estimate of drug-likeness (QED) is 0.736. The van der Waals surface area contributed by atoms with Crippen LogP contribution in [-0.4, -0.2) is 37.4 Å². The maximum absolute atomic E-state index is 10.7. The summed E-state index contributed by atoms with van der Waals surface area (Å²) in [6, 6.07) is 3.53. The lowest BCUT2D eigenvalue weighted by atomic mass is 10.2. The predicted molar refractivity (Wildman–Crippen MR) is 78.4 cm³/mol. The van der Waals surface area contributed by atoms with E-state index in [-0.39, 0.29) is 0 Å². The highest BCUT2D eigenvalue weighted by molar-refractivity contribution is 9.11. The molecule has 1 aromatic carbocycles. The molecule has 0 N–H and O–H groups in total. The van der Waals surface area contributed by atoms with Gasteiger partial charge in [-0.3, -0.25) is 9.69 Å². The van der Waals surface area contributed by atoms with E-state index >= 15 is 0 Å². The summed E-state index contributed by atoms with van der Waals surface area (Å²) >= 11 is 6.85. The molecule has 1 aliphatic rings. The van der Waals surface area contributed by atoms with Gasteiger partial charge in [-0.1, -0.05) is 0 Å². The van der Waals surface area contributed by atoms with E-state index in [9.17, 15) is 4.79 Å². The molecule has 0 atom stereocenters. The van der Waals surface area contributed by atoms with Gasteiger partial charge < -0.3 is 4.74 Å². The van der Waals surface area contributed by atoms with Gasteiger partial charge >= 0.3 is 0 Å². The molecule has 0 bridgehead atoms. The van der Waals surface area contributed by atoms with Gasteiger partial charge in [0.25, 0.3) is 0 Å². The van der Waals surface area contributed by atoms with Gasteiger partial charge in [0.05, 0.1) is 8.95 Å². The summed E-state index contributed by atoms with van der Waals surface area (Å²) in [5.74, 6) is 0.764. The highest BCUT2D eigenvalue weighted by Gasteiger charge is 2.13. The summed E-state index contributed by atoms with van der Waals surface area (Å²) in [6.45, 7) is 3.97. The summed E-state index contributed by atoms with van der Waals surface area (Å²) in [6.07, 6.45) is 3.41. The fraction of sp³-hybridized carbons (Fsp3) is 0.462. The van der Waals surface area contributed by atoms with Gasteiger partial charge in [-0.25, -0.2) is 0 Å². The lowest BCUT2D eigenvalue weighted by Gasteiger charge is -2.16. The number of hydrogen-bond donors (Lipinski definition) is 0. The molecule has 0 unspecified atom stereocenters. The van der Waals surface area contributed by atoms with Gasteiger partial charge in [0.1, 0.15) is 18.6 Å². The van der Waals surface area contributed by atoms with Crippen LogP contribution in [0.15, 0.2) is 21.1 Å². The predicted octanol–water partition coefficient (Wildman–Crippen LogP) is 3.50. The zero-order valence-corrected chi connectivity index (χ0v) is 13.2. The van der Waals surface area contributed by atoms with E-state index in [2.05, 4.69) is 36.8 Å². The number of carbonyl (C=O) groups excluding carboxylic acids is 1. The molecule has 3 nitrogen and oxygen atoms in total. The molecule has 0 saturated carbocycles. The molecule has 1 aromatic rings. The smallest absolute Gasteiger partial charge is 0.150 e. The van der Waals surface area contributed by atoms with E-state index in [0.717, 1.165) is 27.5 Å². The molecule has 0 amide bonds. The first-order chi connectivity index (χ1) is 8.70. The van der Waals surface area contributed by atoms with Crippen molar-refractivity contribution in [2.45, 2.75) is 12.8 Å². The van der Waals surface area contributed by atoms with Gasteiger partial charge in [-0.2, -0.15) is 0 Å². The maximum atomic E-state index is 10.7. The van der Waals surface area contributed by atoms with Gasteiger partial charge in [0.2, 0.25) is 0 Å². The standard InChI is InChI=1S/C13H15Br2NO2/c14-11-7-10(9-17)8-12(15)13(11)18-6-5-16-3-1-2-4-16/h7-9H,1-6H2. The summed E-state index contributed by atoms with van der Waals surface area (Å²) in [5, 5.41) is 0. The van der Waals surface area contributed by atoms with Crippen molar-refractivity contribution < 1.29 is 9.53 Å². The Morgan fingerprint density at radius 1 is 1.22 bits per heavy atom. The first-order valence-corrected chi connectivity index (χ1v) is 7.58. The molecule has 2 rings (SSSR count). The number of ether oxygens (including phenoxy) is 1. The third-order valence-electron chi connectivity index (χ3n) is 3.01. The number of halogens is 2. The molecular formula is C13H15Br2NO2. The van der Waals surface area contributed by atoms with Gasteiger partial charge in [0.15, 0.2) is 0 Å². The van der Waals surface area contributed by atoms with Crippen LogP contribution in [0.25, 0.3) is 0 Å². The summed E-state index contributed by atoms with van der Waals surface area (Å²) in [5.41, 5.74) is 0.626. The third-order valence-corrected chi connectivity index (χ3v) is 4.19. The van der Waals surface area contributed by atoms with Crippen molar-refractivity contribution >= 4 is 38.1 Å². The molecule has 1 saturated heterocycles. The van der Waals surface area contributed by atoms with Crippen molar-refractivity contribution in [1.29, 1.82) is 0 Å². The minimum absolute atomic E-state index is 0.626. The van der Waals surface area contributed by atoms with E-state index in [4.69, 9.17) is 4.74 Å². The van der Waals surface area contributed by atoms with Crippen LogP contribution in [0.3, 0.4) is 0 Å². The number of aldehydes is 1. The van der Waals surface area contributed by atoms with Crippen LogP contribution in [0.5, 0.6) is 5.75 Å². The number of benzene rings is 1. The van der Waals surface area contributed by atoms with Crippen molar-refractivity contribution in [3.8, 4) is 5.75 Å². The summed E-state index contributed by atoms with van der Waals surface area (Å²) in [7, 11) is 0. The molecule has 98 valence electrons. The van der Waals surface area contributed by atoms with Crippen molar-refractivity contribution in [1.82, 2.24) is 4.90 Å². The van der Waals surface area contributed by atoms with E-state index in [1.165, 1.54) is 25.9 Å². The minimum atomic E-state index is 0.626. The molecule has 0 spiro atoms. The average molecular weight is 377 g/mol. The fourth-order valence-electron chi connectivity index (χ4n) is 2.07. The Hall–Kier alpha value is -0.390. The Bertz CT molecular complexity index is 408. The normalized spacial score (nSPS) is 15.9. The van der Waals surface area contributed by atoms with Crippen LogP contribution in [-0.2, 0) is 0 Å². The number of rotatable bonds is 5. The SMILES string of the molecule is O=Cc1cc(Br)c(OCCN2CCCC2)c(Br)c1. The molecule has 0 aromatic heterocycles. The number of likely N-dealkylation sites (tertiary alicyclic amines) is 1. The Morgan fingerprint density at radius 3 is 2.39 bits per heavy atom. The van der Waals surface area contributed by atoms with E-state index in [1.807, 2.05) is 0 Å². The monoisotopic (exact) mass is 375 g/mol. The van der Waals surface area contributed by atoms with Crippen molar-refractivity contribution in [3.05, 3.63) is 26.6 Å². The summed E-state index contributed by atoms with van der Waals surface area (Å²) < 4.78 is 7.39. The van der Waals surface area contributed by atoms with Crippen molar-refractivity contribution in [2.75, 3.05) is 26.2 Å². The van der Waals surface area contributed by atoms with Crippen LogP contribution < -0.4 is 4.74 Å².